The molecule has 1 aromatic rings. The number of carbonyl (C=O) groups excluding carboxylic acids is 2. The molecule has 3 aliphatic rings. The molecule has 152 valence electrons. The van der Waals surface area contributed by atoms with E-state index in [4.69, 9.17) is 9.47 Å². The van der Waals surface area contributed by atoms with E-state index in [1.165, 1.54) is 0 Å². The monoisotopic (exact) mass is 386 g/mol. The summed E-state index contributed by atoms with van der Waals surface area (Å²) in [5.74, 6) is 0.987. The van der Waals surface area contributed by atoms with Crippen LogP contribution < -0.4 is 4.74 Å². The molecule has 3 atom stereocenters. The lowest BCUT2D eigenvalue weighted by Crippen LogP contribution is -2.51. The van der Waals surface area contributed by atoms with Crippen LogP contribution >= 0.6 is 0 Å². The van der Waals surface area contributed by atoms with Crippen LogP contribution in [0.3, 0.4) is 0 Å². The number of para-hydroxylation sites is 1. The van der Waals surface area contributed by atoms with Gasteiger partial charge in [0.15, 0.2) is 5.72 Å². The van der Waals surface area contributed by atoms with E-state index in [0.717, 1.165) is 12.8 Å². The van der Waals surface area contributed by atoms with Gasteiger partial charge < -0.3 is 19.3 Å². The molecule has 6 nitrogen and oxygen atoms in total. The number of hydrogen-bond donors (Lipinski definition) is 0. The number of hydrogen-bond acceptors (Lipinski definition) is 4. The van der Waals surface area contributed by atoms with E-state index in [2.05, 4.69) is 20.8 Å². The molecule has 0 bridgehead atoms. The second-order valence-electron chi connectivity index (χ2n) is 8.40. The summed E-state index contributed by atoms with van der Waals surface area (Å²) >= 11 is 0. The summed E-state index contributed by atoms with van der Waals surface area (Å²) in [5.41, 5.74) is -0.0698. The summed E-state index contributed by atoms with van der Waals surface area (Å²) < 4.78 is 12.1. The Morgan fingerprint density at radius 1 is 1.36 bits per heavy atom. The van der Waals surface area contributed by atoms with Crippen LogP contribution in [0.1, 0.15) is 56.8 Å². The fourth-order valence-corrected chi connectivity index (χ4v) is 4.86. The van der Waals surface area contributed by atoms with E-state index in [9.17, 15) is 9.59 Å². The number of benzene rings is 1. The van der Waals surface area contributed by atoms with Gasteiger partial charge in [0.2, 0.25) is 5.91 Å². The highest BCUT2D eigenvalue weighted by Gasteiger charge is 2.65. The second kappa shape index (κ2) is 7.39. The molecule has 6 heteroatoms. The first-order chi connectivity index (χ1) is 13.5. The van der Waals surface area contributed by atoms with Crippen molar-refractivity contribution in [1.29, 1.82) is 0 Å². The molecule has 3 aliphatic heterocycles. The zero-order valence-electron chi connectivity index (χ0n) is 17.0. The standard InChI is InChI=1S/C22H30N2O4/c1-4-5-12-27-18-9-7-6-8-16(18)21(26)23-11-10-22-19(23)13-20(25)24(22)17(14-28-22)15(2)3/h6-9,15,17,19H,4-5,10-14H2,1-3H3/t17-,19+,22-/m0/s1. The average Bonchev–Trinajstić information content (AvgIpc) is 3.31. The summed E-state index contributed by atoms with van der Waals surface area (Å²) in [4.78, 5) is 30.0. The van der Waals surface area contributed by atoms with Crippen molar-refractivity contribution in [3.8, 4) is 5.75 Å². The van der Waals surface area contributed by atoms with Crippen LogP contribution in [-0.2, 0) is 9.53 Å². The Balaban J connectivity index is 1.58. The van der Waals surface area contributed by atoms with Gasteiger partial charge in [0.05, 0.1) is 37.3 Å². The average molecular weight is 386 g/mol. The fraction of sp³-hybridized carbons (Fsp3) is 0.636. The minimum atomic E-state index is -0.639. The predicted octanol–water partition coefficient (Wildman–Crippen LogP) is 3.06. The lowest BCUT2D eigenvalue weighted by atomic mass is 10.0. The highest BCUT2D eigenvalue weighted by Crippen LogP contribution is 2.49. The molecule has 0 aromatic heterocycles. The second-order valence-corrected chi connectivity index (χ2v) is 8.40. The molecule has 0 radical (unpaired) electrons. The first-order valence-corrected chi connectivity index (χ1v) is 10.5. The summed E-state index contributed by atoms with van der Waals surface area (Å²) in [6.07, 6.45) is 3.01. The Bertz CT molecular complexity index is 765. The SMILES string of the molecule is CCCCOc1ccccc1C(=O)N1CC[C@@]23OC[C@@H](C(C)C)N2C(=O)C[C@@H]13. The van der Waals surface area contributed by atoms with Crippen molar-refractivity contribution in [3.05, 3.63) is 29.8 Å². The molecule has 1 spiro atoms. The molecular weight excluding hydrogens is 356 g/mol. The molecule has 3 saturated heterocycles. The van der Waals surface area contributed by atoms with Crippen LogP contribution in [0, 0.1) is 5.92 Å². The molecule has 3 fully saturated rings. The Morgan fingerprint density at radius 2 is 2.14 bits per heavy atom. The van der Waals surface area contributed by atoms with Gasteiger partial charge in [-0.3, -0.25) is 9.59 Å². The number of amides is 2. The van der Waals surface area contributed by atoms with Gasteiger partial charge in [-0.2, -0.15) is 0 Å². The van der Waals surface area contributed by atoms with E-state index in [0.29, 0.717) is 49.8 Å². The van der Waals surface area contributed by atoms with E-state index in [1.807, 2.05) is 34.1 Å². The Labute approximate surface area is 166 Å². The minimum absolute atomic E-state index is 0.0692. The molecule has 0 unspecified atom stereocenters. The molecule has 0 N–H and O–H groups in total. The zero-order chi connectivity index (χ0) is 19.9. The van der Waals surface area contributed by atoms with Gasteiger partial charge in [-0.15, -0.1) is 0 Å². The zero-order valence-corrected chi connectivity index (χ0v) is 17.0. The smallest absolute Gasteiger partial charge is 0.258 e. The Hall–Kier alpha value is -2.08. The third kappa shape index (κ3) is 2.89. The number of carbonyl (C=O) groups is 2. The van der Waals surface area contributed by atoms with Crippen LogP contribution in [0.2, 0.25) is 0 Å². The maximum absolute atomic E-state index is 13.4. The lowest BCUT2D eigenvalue weighted by Gasteiger charge is -2.34. The largest absolute Gasteiger partial charge is 0.493 e. The summed E-state index contributed by atoms with van der Waals surface area (Å²) in [7, 11) is 0. The molecule has 0 saturated carbocycles. The van der Waals surface area contributed by atoms with Gasteiger partial charge in [0.1, 0.15) is 5.75 Å². The number of unbranched alkanes of at least 4 members (excludes halogenated alkanes) is 1. The van der Waals surface area contributed by atoms with Crippen molar-refractivity contribution in [3.63, 3.8) is 0 Å². The van der Waals surface area contributed by atoms with E-state index in [1.54, 1.807) is 0 Å². The third-order valence-corrected chi connectivity index (χ3v) is 6.39. The quantitative estimate of drug-likeness (QED) is 0.705. The number of likely N-dealkylation sites (tertiary alicyclic amines) is 1. The van der Waals surface area contributed by atoms with Gasteiger partial charge in [-0.25, -0.2) is 0 Å². The van der Waals surface area contributed by atoms with Gasteiger partial charge in [0.25, 0.3) is 5.91 Å². The van der Waals surface area contributed by atoms with Gasteiger partial charge >= 0.3 is 0 Å². The molecular formula is C22H30N2O4. The first-order valence-electron chi connectivity index (χ1n) is 10.5. The van der Waals surface area contributed by atoms with Gasteiger partial charge in [-0.05, 0) is 24.5 Å². The van der Waals surface area contributed by atoms with E-state index in [-0.39, 0.29) is 23.9 Å². The van der Waals surface area contributed by atoms with Gasteiger partial charge in [-0.1, -0.05) is 39.3 Å². The summed E-state index contributed by atoms with van der Waals surface area (Å²) in [6, 6.07) is 7.28. The Morgan fingerprint density at radius 3 is 2.89 bits per heavy atom. The summed E-state index contributed by atoms with van der Waals surface area (Å²) in [5, 5.41) is 0. The fourth-order valence-electron chi connectivity index (χ4n) is 4.86. The lowest BCUT2D eigenvalue weighted by molar-refractivity contribution is -0.139. The number of ether oxygens (including phenoxy) is 2. The maximum atomic E-state index is 13.4. The number of nitrogens with zero attached hydrogens (tertiary/aromatic N) is 2. The van der Waals surface area contributed by atoms with Crippen molar-refractivity contribution >= 4 is 11.8 Å². The van der Waals surface area contributed by atoms with Gasteiger partial charge in [0, 0.05) is 13.0 Å². The van der Waals surface area contributed by atoms with Crippen molar-refractivity contribution < 1.29 is 19.1 Å². The topological polar surface area (TPSA) is 59.1 Å². The summed E-state index contributed by atoms with van der Waals surface area (Å²) in [6.45, 7) is 8.10. The van der Waals surface area contributed by atoms with E-state index < -0.39 is 5.72 Å². The maximum Gasteiger partial charge on any atom is 0.258 e. The Kier molecular flexibility index (Phi) is 5.08. The highest BCUT2D eigenvalue weighted by atomic mass is 16.5. The van der Waals surface area contributed by atoms with Crippen molar-refractivity contribution in [1.82, 2.24) is 9.80 Å². The van der Waals surface area contributed by atoms with Crippen molar-refractivity contribution in [2.45, 2.75) is 64.3 Å². The third-order valence-electron chi connectivity index (χ3n) is 6.39. The first kappa shape index (κ1) is 19.2. The van der Waals surface area contributed by atoms with Crippen LogP contribution in [0.25, 0.3) is 0 Å². The van der Waals surface area contributed by atoms with Crippen molar-refractivity contribution in [2.24, 2.45) is 5.92 Å². The van der Waals surface area contributed by atoms with Crippen LogP contribution in [0.5, 0.6) is 5.75 Å². The molecule has 3 heterocycles. The molecule has 2 amide bonds. The van der Waals surface area contributed by atoms with Crippen LogP contribution in [-0.4, -0.2) is 59.2 Å². The molecule has 4 rings (SSSR count). The number of rotatable bonds is 6. The molecule has 0 aliphatic carbocycles. The van der Waals surface area contributed by atoms with Crippen LogP contribution in [0.4, 0.5) is 0 Å². The van der Waals surface area contributed by atoms with E-state index >= 15 is 0 Å². The highest BCUT2D eigenvalue weighted by molar-refractivity contribution is 5.98. The van der Waals surface area contributed by atoms with Crippen LogP contribution in [0.15, 0.2) is 24.3 Å². The molecule has 28 heavy (non-hydrogen) atoms. The van der Waals surface area contributed by atoms with Crippen molar-refractivity contribution in [2.75, 3.05) is 19.8 Å². The minimum Gasteiger partial charge on any atom is -0.493 e. The molecule has 1 aromatic carbocycles. The predicted molar refractivity (Wildman–Crippen MR) is 105 cm³/mol. The normalized spacial score (nSPS) is 28.8.